The molecule has 0 amide bonds. The second kappa shape index (κ2) is 5.95. The Labute approximate surface area is 120 Å². The molecular formula is C15H26N4O. The minimum Gasteiger partial charge on any atom is -0.365 e. The van der Waals surface area contributed by atoms with E-state index in [-0.39, 0.29) is 11.1 Å². The zero-order chi connectivity index (χ0) is 14.8. The number of rotatable bonds is 3. The van der Waals surface area contributed by atoms with Crippen molar-refractivity contribution in [3.05, 3.63) is 22.7 Å². The molecule has 1 saturated carbocycles. The van der Waals surface area contributed by atoms with Crippen LogP contribution in [0.4, 0.5) is 5.82 Å². The number of nitrogens with zero attached hydrogens (tertiary/aromatic N) is 2. The zero-order valence-electron chi connectivity index (χ0n) is 12.7. The number of aromatic nitrogens is 2. The molecule has 2 rings (SSSR count). The number of anilines is 1. The van der Waals surface area contributed by atoms with Gasteiger partial charge in [0.15, 0.2) is 5.82 Å². The molecule has 2 atom stereocenters. The summed E-state index contributed by atoms with van der Waals surface area (Å²) in [7, 11) is 0. The van der Waals surface area contributed by atoms with Gasteiger partial charge in [0.2, 0.25) is 0 Å². The summed E-state index contributed by atoms with van der Waals surface area (Å²) >= 11 is 0. The van der Waals surface area contributed by atoms with Gasteiger partial charge in [-0.1, -0.05) is 6.42 Å². The van der Waals surface area contributed by atoms with Gasteiger partial charge in [0, 0.05) is 30.5 Å². The first-order valence-electron chi connectivity index (χ1n) is 7.45. The van der Waals surface area contributed by atoms with E-state index in [1.165, 1.54) is 12.8 Å². The molecule has 0 aliphatic heterocycles. The van der Waals surface area contributed by atoms with Crippen molar-refractivity contribution in [2.24, 2.45) is 11.7 Å². The van der Waals surface area contributed by atoms with Crippen LogP contribution in [0.5, 0.6) is 0 Å². The molecule has 3 N–H and O–H groups in total. The molecular weight excluding hydrogens is 252 g/mol. The summed E-state index contributed by atoms with van der Waals surface area (Å²) < 4.78 is 1.72. The van der Waals surface area contributed by atoms with Gasteiger partial charge in [0.25, 0.3) is 5.56 Å². The highest BCUT2D eigenvalue weighted by Gasteiger charge is 2.20. The normalized spacial score (nSPS) is 23.6. The van der Waals surface area contributed by atoms with Crippen molar-refractivity contribution < 1.29 is 0 Å². The third-order valence-corrected chi connectivity index (χ3v) is 3.95. The Kier molecular flexibility index (Phi) is 4.48. The van der Waals surface area contributed by atoms with Gasteiger partial charge < -0.3 is 15.6 Å². The Morgan fingerprint density at radius 1 is 1.45 bits per heavy atom. The van der Waals surface area contributed by atoms with E-state index in [2.05, 4.69) is 10.3 Å². The van der Waals surface area contributed by atoms with Gasteiger partial charge in [-0.15, -0.1) is 0 Å². The van der Waals surface area contributed by atoms with Crippen LogP contribution in [0.2, 0.25) is 0 Å². The van der Waals surface area contributed by atoms with Crippen molar-refractivity contribution in [3.8, 4) is 0 Å². The van der Waals surface area contributed by atoms with Gasteiger partial charge in [0.1, 0.15) is 0 Å². The van der Waals surface area contributed by atoms with Crippen molar-refractivity contribution in [1.82, 2.24) is 9.55 Å². The number of hydrogen-bond donors (Lipinski definition) is 2. The molecule has 1 heterocycles. The SMILES string of the molecule is CC(C)(C)n1ccnc(NCC2CCCC(N)C2)c1=O. The van der Waals surface area contributed by atoms with Crippen LogP contribution in [0.15, 0.2) is 17.2 Å². The van der Waals surface area contributed by atoms with Gasteiger partial charge >= 0.3 is 0 Å². The summed E-state index contributed by atoms with van der Waals surface area (Å²) in [4.78, 5) is 16.5. The van der Waals surface area contributed by atoms with Crippen LogP contribution in [0.1, 0.15) is 46.5 Å². The average Bonchev–Trinajstić information content (AvgIpc) is 2.36. The third kappa shape index (κ3) is 3.60. The Bertz CT molecular complexity index is 503. The van der Waals surface area contributed by atoms with E-state index in [0.717, 1.165) is 19.4 Å². The molecule has 1 aromatic heterocycles. The first kappa shape index (κ1) is 15.0. The van der Waals surface area contributed by atoms with E-state index in [1.807, 2.05) is 20.8 Å². The monoisotopic (exact) mass is 278 g/mol. The molecule has 0 spiro atoms. The molecule has 0 aromatic carbocycles. The molecule has 20 heavy (non-hydrogen) atoms. The molecule has 1 aliphatic carbocycles. The van der Waals surface area contributed by atoms with Crippen LogP contribution in [0, 0.1) is 5.92 Å². The minimum atomic E-state index is -0.232. The third-order valence-electron chi connectivity index (χ3n) is 3.95. The molecule has 5 nitrogen and oxygen atoms in total. The molecule has 1 aromatic rings. The van der Waals surface area contributed by atoms with Gasteiger partial charge in [-0.2, -0.15) is 0 Å². The summed E-state index contributed by atoms with van der Waals surface area (Å²) in [5.74, 6) is 0.991. The summed E-state index contributed by atoms with van der Waals surface area (Å²) in [6, 6.07) is 0.311. The topological polar surface area (TPSA) is 72.9 Å². The number of hydrogen-bond acceptors (Lipinski definition) is 4. The quantitative estimate of drug-likeness (QED) is 0.886. The van der Waals surface area contributed by atoms with E-state index >= 15 is 0 Å². The van der Waals surface area contributed by atoms with Gasteiger partial charge in [-0.25, -0.2) is 4.98 Å². The van der Waals surface area contributed by atoms with E-state index in [0.29, 0.717) is 17.8 Å². The lowest BCUT2D eigenvalue weighted by atomic mass is 9.86. The van der Waals surface area contributed by atoms with Crippen LogP contribution >= 0.6 is 0 Å². The lowest BCUT2D eigenvalue weighted by Crippen LogP contribution is -2.36. The second-order valence-corrected chi connectivity index (χ2v) is 6.80. The summed E-state index contributed by atoms with van der Waals surface area (Å²) in [5.41, 5.74) is 5.71. The maximum Gasteiger partial charge on any atom is 0.293 e. The first-order chi connectivity index (χ1) is 9.38. The zero-order valence-corrected chi connectivity index (χ0v) is 12.7. The standard InChI is InChI=1S/C15H26N4O/c1-15(2,3)19-8-7-17-13(14(19)20)18-10-11-5-4-6-12(16)9-11/h7-8,11-12H,4-6,9-10,16H2,1-3H3,(H,17,18). The lowest BCUT2D eigenvalue weighted by Gasteiger charge is -2.27. The Balaban J connectivity index is 2.05. The first-order valence-corrected chi connectivity index (χ1v) is 7.45. The Morgan fingerprint density at radius 2 is 2.20 bits per heavy atom. The maximum atomic E-state index is 12.4. The fourth-order valence-electron chi connectivity index (χ4n) is 2.82. The molecule has 0 radical (unpaired) electrons. The highest BCUT2D eigenvalue weighted by molar-refractivity contribution is 5.31. The average molecular weight is 278 g/mol. The second-order valence-electron chi connectivity index (χ2n) is 6.80. The smallest absolute Gasteiger partial charge is 0.293 e. The summed E-state index contributed by atoms with van der Waals surface area (Å²) in [6.45, 7) is 6.82. The number of nitrogens with two attached hydrogens (primary N) is 1. The van der Waals surface area contributed by atoms with Gasteiger partial charge in [-0.3, -0.25) is 4.79 Å². The van der Waals surface area contributed by atoms with Crippen molar-refractivity contribution in [3.63, 3.8) is 0 Å². The molecule has 1 aliphatic rings. The van der Waals surface area contributed by atoms with Crippen LogP contribution in [0.3, 0.4) is 0 Å². The van der Waals surface area contributed by atoms with Crippen molar-refractivity contribution in [1.29, 1.82) is 0 Å². The Hall–Kier alpha value is -1.36. The fourth-order valence-corrected chi connectivity index (χ4v) is 2.82. The maximum absolute atomic E-state index is 12.4. The van der Waals surface area contributed by atoms with E-state index in [4.69, 9.17) is 5.73 Å². The lowest BCUT2D eigenvalue weighted by molar-refractivity contribution is 0.334. The minimum absolute atomic E-state index is 0.0555. The van der Waals surface area contributed by atoms with E-state index < -0.39 is 0 Å². The fraction of sp³-hybridized carbons (Fsp3) is 0.733. The number of nitrogens with one attached hydrogen (secondary N) is 1. The molecule has 0 bridgehead atoms. The van der Waals surface area contributed by atoms with Crippen molar-refractivity contribution in [2.45, 2.75) is 58.0 Å². The highest BCUT2D eigenvalue weighted by Crippen LogP contribution is 2.23. The van der Waals surface area contributed by atoms with Crippen LogP contribution < -0.4 is 16.6 Å². The van der Waals surface area contributed by atoms with Gasteiger partial charge in [0.05, 0.1) is 0 Å². The molecule has 1 fully saturated rings. The van der Waals surface area contributed by atoms with E-state index in [9.17, 15) is 4.79 Å². The molecule has 5 heteroatoms. The summed E-state index contributed by atoms with van der Waals surface area (Å²) in [5, 5.41) is 3.22. The van der Waals surface area contributed by atoms with E-state index in [1.54, 1.807) is 17.0 Å². The molecule has 2 unspecified atom stereocenters. The molecule has 0 saturated heterocycles. The predicted octanol–water partition coefficient (Wildman–Crippen LogP) is 1.93. The highest BCUT2D eigenvalue weighted by atomic mass is 16.1. The van der Waals surface area contributed by atoms with Crippen molar-refractivity contribution in [2.75, 3.05) is 11.9 Å². The van der Waals surface area contributed by atoms with Crippen LogP contribution in [0.25, 0.3) is 0 Å². The van der Waals surface area contributed by atoms with Gasteiger partial charge in [-0.05, 0) is 46.0 Å². The Morgan fingerprint density at radius 3 is 2.85 bits per heavy atom. The predicted molar refractivity (Wildman–Crippen MR) is 81.9 cm³/mol. The van der Waals surface area contributed by atoms with Crippen molar-refractivity contribution >= 4 is 5.82 Å². The largest absolute Gasteiger partial charge is 0.365 e. The molecule has 112 valence electrons. The van der Waals surface area contributed by atoms with Crippen LogP contribution in [-0.4, -0.2) is 22.1 Å². The van der Waals surface area contributed by atoms with Crippen LogP contribution in [-0.2, 0) is 5.54 Å². The summed E-state index contributed by atoms with van der Waals surface area (Å²) in [6.07, 6.45) is 7.94.